The van der Waals surface area contributed by atoms with Crippen LogP contribution in [0.4, 0.5) is 0 Å². The zero-order valence-corrected chi connectivity index (χ0v) is 31.8. The van der Waals surface area contributed by atoms with Crippen LogP contribution in [0, 0.1) is 0 Å². The van der Waals surface area contributed by atoms with Gasteiger partial charge in [0.05, 0.1) is 0 Å². The van der Waals surface area contributed by atoms with E-state index in [4.69, 9.17) is 0 Å². The average Bonchev–Trinajstić information content (AvgIpc) is 3.01. The van der Waals surface area contributed by atoms with Gasteiger partial charge in [0, 0.05) is 10.5 Å². The van der Waals surface area contributed by atoms with Crippen molar-refractivity contribution >= 4 is 11.8 Å². The molecule has 260 valence electrons. The van der Waals surface area contributed by atoms with E-state index in [1.54, 1.807) is 0 Å². The Balaban J connectivity index is 3.71. The summed E-state index contributed by atoms with van der Waals surface area (Å²) < 4.78 is 0. The number of thioether (sulfide) groups is 1. The molecule has 0 saturated heterocycles. The summed E-state index contributed by atoms with van der Waals surface area (Å²) in [4.78, 5) is 0. The predicted molar refractivity (Wildman–Crippen MR) is 204 cm³/mol. The number of hydrogen-bond acceptors (Lipinski definition) is 1. The summed E-state index contributed by atoms with van der Waals surface area (Å²) in [7, 11) is 0. The van der Waals surface area contributed by atoms with Gasteiger partial charge in [-0.3, -0.25) is 0 Å². The molecule has 0 aliphatic rings. The van der Waals surface area contributed by atoms with Crippen LogP contribution < -0.4 is 0 Å². The van der Waals surface area contributed by atoms with Gasteiger partial charge in [-0.25, -0.2) is 0 Å². The van der Waals surface area contributed by atoms with Crippen LogP contribution in [0.3, 0.4) is 0 Å². The molecule has 0 rings (SSSR count). The van der Waals surface area contributed by atoms with Gasteiger partial charge in [-0.1, -0.05) is 233 Å². The molecule has 0 aromatic rings. The van der Waals surface area contributed by atoms with Crippen LogP contribution in [-0.2, 0) is 0 Å². The molecule has 0 saturated carbocycles. The minimum absolute atomic E-state index is 0.930. The molecule has 0 spiro atoms. The molecule has 0 aliphatic carbocycles. The van der Waals surface area contributed by atoms with Crippen LogP contribution in [0.5, 0.6) is 0 Å². The molecule has 0 nitrogen and oxygen atoms in total. The summed E-state index contributed by atoms with van der Waals surface area (Å²) in [5.41, 5.74) is 0. The van der Waals surface area contributed by atoms with E-state index in [0.29, 0.717) is 0 Å². The Labute approximate surface area is 280 Å². The van der Waals surface area contributed by atoms with Crippen molar-refractivity contribution in [1.82, 2.24) is 0 Å². The maximum absolute atomic E-state index is 2.41. The molecule has 1 heteroatoms. The zero-order valence-electron chi connectivity index (χ0n) is 31.0. The van der Waals surface area contributed by atoms with Crippen molar-refractivity contribution in [3.05, 3.63) is 0 Å². The van der Waals surface area contributed by atoms with Gasteiger partial charge >= 0.3 is 0 Å². The van der Waals surface area contributed by atoms with Gasteiger partial charge in [0.2, 0.25) is 0 Å². The van der Waals surface area contributed by atoms with E-state index in [2.05, 4.69) is 39.5 Å². The maximum Gasteiger partial charge on any atom is 0.00497 e. The largest absolute Gasteiger partial charge is 0.155 e. The number of unbranched alkanes of at least 4 members (excludes halogenated alkanes) is 28. The van der Waals surface area contributed by atoms with E-state index in [1.807, 2.05) is 0 Å². The summed E-state index contributed by atoms with van der Waals surface area (Å²) in [5.74, 6) is 0. The molecule has 0 bridgehead atoms. The highest BCUT2D eigenvalue weighted by Crippen LogP contribution is 2.32. The van der Waals surface area contributed by atoms with Gasteiger partial charge in [-0.15, -0.1) is 0 Å². The third kappa shape index (κ3) is 35.1. The van der Waals surface area contributed by atoms with Gasteiger partial charge in [0.15, 0.2) is 0 Å². The maximum atomic E-state index is 2.41. The van der Waals surface area contributed by atoms with E-state index >= 15 is 0 Å². The number of hydrogen-bond donors (Lipinski definition) is 0. The third-order valence-electron chi connectivity index (χ3n) is 9.87. The van der Waals surface area contributed by atoms with E-state index in [-0.39, 0.29) is 0 Å². The smallest absolute Gasteiger partial charge is 0.00497 e. The lowest BCUT2D eigenvalue weighted by Gasteiger charge is -2.23. The lowest BCUT2D eigenvalue weighted by molar-refractivity contribution is 0.523. The van der Waals surface area contributed by atoms with Gasteiger partial charge in [0.25, 0.3) is 0 Å². The Morgan fingerprint density at radius 3 is 0.651 bits per heavy atom. The minimum Gasteiger partial charge on any atom is -0.155 e. The van der Waals surface area contributed by atoms with E-state index in [9.17, 15) is 0 Å². The van der Waals surface area contributed by atoms with Crippen LogP contribution in [0.15, 0.2) is 0 Å². The fourth-order valence-electron chi connectivity index (χ4n) is 6.96. The van der Waals surface area contributed by atoms with Gasteiger partial charge in [-0.2, -0.15) is 11.8 Å². The SMILES string of the molecule is CCCCCCCCCCCCCCCCCC(CCC)SC(CCC)CCCCCCCCCCCCCCCCC. The minimum atomic E-state index is 0.930. The summed E-state index contributed by atoms with van der Waals surface area (Å²) >= 11 is 2.41. The molecule has 0 heterocycles. The Morgan fingerprint density at radius 2 is 0.442 bits per heavy atom. The van der Waals surface area contributed by atoms with E-state index in [1.165, 1.54) is 231 Å². The summed E-state index contributed by atoms with van der Waals surface area (Å²) in [6.45, 7) is 9.44. The van der Waals surface area contributed by atoms with Gasteiger partial charge in [0.1, 0.15) is 0 Å². The first-order valence-electron chi connectivity index (χ1n) is 20.9. The number of rotatable bonds is 38. The Bertz CT molecular complexity index is 432. The van der Waals surface area contributed by atoms with Crippen LogP contribution in [0.2, 0.25) is 0 Å². The van der Waals surface area contributed by atoms with Crippen molar-refractivity contribution in [3.63, 3.8) is 0 Å². The molecule has 2 atom stereocenters. The van der Waals surface area contributed by atoms with Crippen molar-refractivity contribution in [2.24, 2.45) is 0 Å². The predicted octanol–water partition coefficient (Wildman–Crippen LogP) is 16.6. The lowest BCUT2D eigenvalue weighted by Crippen LogP contribution is -2.12. The zero-order chi connectivity index (χ0) is 31.3. The molecule has 0 aromatic carbocycles. The van der Waals surface area contributed by atoms with Crippen molar-refractivity contribution in [2.45, 2.75) is 269 Å². The normalized spacial score (nSPS) is 13.1. The molecule has 0 aromatic heterocycles. The van der Waals surface area contributed by atoms with E-state index < -0.39 is 0 Å². The average molecular weight is 623 g/mol. The quantitative estimate of drug-likeness (QED) is 0.0617. The highest BCUT2D eigenvalue weighted by Gasteiger charge is 2.16. The lowest BCUT2D eigenvalue weighted by atomic mass is 10.0. The van der Waals surface area contributed by atoms with Crippen LogP contribution in [-0.4, -0.2) is 10.5 Å². The topological polar surface area (TPSA) is 0 Å². The van der Waals surface area contributed by atoms with Gasteiger partial charge in [-0.05, 0) is 25.7 Å². The first kappa shape index (κ1) is 43.4. The van der Waals surface area contributed by atoms with Crippen molar-refractivity contribution < 1.29 is 0 Å². The van der Waals surface area contributed by atoms with Crippen LogP contribution in [0.1, 0.15) is 259 Å². The van der Waals surface area contributed by atoms with Crippen LogP contribution in [0.25, 0.3) is 0 Å². The first-order valence-corrected chi connectivity index (χ1v) is 21.9. The molecule has 0 fully saturated rings. The summed E-state index contributed by atoms with van der Waals surface area (Å²) in [6.07, 6.45) is 52.8. The molecule has 0 aliphatic heterocycles. The third-order valence-corrected chi connectivity index (χ3v) is 11.6. The second kappa shape index (κ2) is 38.5. The van der Waals surface area contributed by atoms with E-state index in [0.717, 1.165) is 10.5 Å². The highest BCUT2D eigenvalue weighted by molar-refractivity contribution is 8.00. The fourth-order valence-corrected chi connectivity index (χ4v) is 8.86. The Morgan fingerprint density at radius 1 is 0.233 bits per heavy atom. The monoisotopic (exact) mass is 623 g/mol. The molecular formula is C42H86S. The summed E-state index contributed by atoms with van der Waals surface area (Å²) in [6, 6.07) is 0. The molecular weight excluding hydrogens is 537 g/mol. The van der Waals surface area contributed by atoms with Crippen molar-refractivity contribution in [3.8, 4) is 0 Å². The second-order valence-electron chi connectivity index (χ2n) is 14.4. The Kier molecular flexibility index (Phi) is 38.8. The molecule has 0 amide bonds. The van der Waals surface area contributed by atoms with Crippen molar-refractivity contribution in [1.29, 1.82) is 0 Å². The second-order valence-corrected chi connectivity index (χ2v) is 16.0. The standard InChI is InChI=1S/C42H86S/c1-5-9-11-13-15-17-19-21-23-25-27-29-31-33-35-39-41(37-7-3)43-42(38-8-4)40-36-34-32-30-28-26-24-22-20-18-16-14-12-10-6-2/h41-42H,5-40H2,1-4H3. The van der Waals surface area contributed by atoms with Gasteiger partial charge < -0.3 is 0 Å². The van der Waals surface area contributed by atoms with Crippen molar-refractivity contribution in [2.75, 3.05) is 0 Å². The van der Waals surface area contributed by atoms with Crippen LogP contribution >= 0.6 is 11.8 Å². The fraction of sp³-hybridized carbons (Fsp3) is 1.00. The molecule has 0 N–H and O–H groups in total. The molecule has 43 heavy (non-hydrogen) atoms. The highest BCUT2D eigenvalue weighted by atomic mass is 32.2. The first-order chi connectivity index (χ1) is 21.3. The molecule has 2 unspecified atom stereocenters. The molecule has 0 radical (unpaired) electrons. The Hall–Kier alpha value is 0.350. The summed E-state index contributed by atoms with van der Waals surface area (Å²) in [5, 5.41) is 1.86.